The molecule has 1 aliphatic heterocycles. The number of hydrogen-bond acceptors (Lipinski definition) is 1. The minimum Gasteiger partial charge on any atom is -0.0911 e. The smallest absolute Gasteiger partial charge is 0.0195 e. The molecule has 3 rings (SSSR count). The van der Waals surface area contributed by atoms with E-state index < -0.39 is 0 Å². The Balaban J connectivity index is 1.96. The highest BCUT2D eigenvalue weighted by Gasteiger charge is 2.14. The minimum atomic E-state index is 1.04. The van der Waals surface area contributed by atoms with Gasteiger partial charge in [-0.2, -0.15) is 0 Å². The fraction of sp³-hybridized carbons (Fsp3) is 0.100. The topological polar surface area (TPSA) is 0 Å². The summed E-state index contributed by atoms with van der Waals surface area (Å²) >= 11 is 1.84. The van der Waals surface area contributed by atoms with Gasteiger partial charge in [-0.1, -0.05) is 73.8 Å². The maximum absolute atomic E-state index is 4.23. The summed E-state index contributed by atoms with van der Waals surface area (Å²) in [5.41, 5.74) is 4.95. The van der Waals surface area contributed by atoms with Crippen LogP contribution in [0.5, 0.6) is 0 Å². The number of allylic oxidation sites excluding steroid dienone is 3. The summed E-state index contributed by atoms with van der Waals surface area (Å²) in [5.74, 6) is 0. The fourth-order valence-corrected chi connectivity index (χ4v) is 3.59. The molecule has 0 unspecified atom stereocenters. The number of rotatable bonds is 3. The average molecular weight is 290 g/mol. The lowest BCUT2D eigenvalue weighted by Crippen LogP contribution is -1.94. The van der Waals surface area contributed by atoms with Crippen molar-refractivity contribution in [3.8, 4) is 0 Å². The molecular formula is C20H18S. The van der Waals surface area contributed by atoms with E-state index in [0.717, 1.165) is 12.0 Å². The first-order valence-electron chi connectivity index (χ1n) is 7.22. The van der Waals surface area contributed by atoms with Gasteiger partial charge < -0.3 is 0 Å². The molecule has 104 valence electrons. The second-order valence-corrected chi connectivity index (χ2v) is 6.15. The quantitative estimate of drug-likeness (QED) is 0.650. The predicted molar refractivity (Wildman–Crippen MR) is 94.1 cm³/mol. The summed E-state index contributed by atoms with van der Waals surface area (Å²) in [6, 6.07) is 18.9. The lowest BCUT2D eigenvalue weighted by atomic mass is 10.0. The number of fused-ring (bicyclic) bond motifs is 1. The molecule has 0 saturated heterocycles. The molecule has 2 aromatic rings. The zero-order chi connectivity index (χ0) is 14.7. The molecule has 0 aliphatic carbocycles. The fourth-order valence-electron chi connectivity index (χ4n) is 2.43. The highest BCUT2D eigenvalue weighted by molar-refractivity contribution is 8.03. The second kappa shape index (κ2) is 6.19. The standard InChI is InChI=1S/C20H18S/c1-3-16-14-18-11-7-8-12-19(18)21-20(16)13-15(2)17-9-5-4-6-10-17/h4-14H,2-3H2,1H3/b20-13+. The van der Waals surface area contributed by atoms with Gasteiger partial charge in [-0.3, -0.25) is 0 Å². The van der Waals surface area contributed by atoms with E-state index in [2.05, 4.69) is 74.2 Å². The Morgan fingerprint density at radius 3 is 2.52 bits per heavy atom. The van der Waals surface area contributed by atoms with E-state index >= 15 is 0 Å². The Morgan fingerprint density at radius 2 is 1.76 bits per heavy atom. The lowest BCUT2D eigenvalue weighted by Gasteiger charge is -2.19. The van der Waals surface area contributed by atoms with Crippen LogP contribution in [-0.4, -0.2) is 0 Å². The van der Waals surface area contributed by atoms with Crippen molar-refractivity contribution in [2.24, 2.45) is 0 Å². The van der Waals surface area contributed by atoms with Crippen molar-refractivity contribution in [3.63, 3.8) is 0 Å². The van der Waals surface area contributed by atoms with Gasteiger partial charge in [0.25, 0.3) is 0 Å². The zero-order valence-corrected chi connectivity index (χ0v) is 13.0. The molecule has 0 aromatic heterocycles. The summed E-state index contributed by atoms with van der Waals surface area (Å²) in [6.45, 7) is 6.43. The number of benzene rings is 2. The Morgan fingerprint density at radius 1 is 1.05 bits per heavy atom. The first kappa shape index (κ1) is 14.0. The van der Waals surface area contributed by atoms with E-state index in [1.54, 1.807) is 0 Å². The monoisotopic (exact) mass is 290 g/mol. The first-order valence-corrected chi connectivity index (χ1v) is 8.03. The van der Waals surface area contributed by atoms with Crippen LogP contribution in [0.15, 0.2) is 82.6 Å². The third-order valence-corrected chi connectivity index (χ3v) is 4.81. The van der Waals surface area contributed by atoms with E-state index in [4.69, 9.17) is 0 Å². The third kappa shape index (κ3) is 3.03. The van der Waals surface area contributed by atoms with Gasteiger partial charge in [-0.25, -0.2) is 0 Å². The van der Waals surface area contributed by atoms with E-state index in [-0.39, 0.29) is 0 Å². The normalized spacial score (nSPS) is 15.5. The first-order chi connectivity index (χ1) is 10.3. The maximum Gasteiger partial charge on any atom is 0.0195 e. The predicted octanol–water partition coefficient (Wildman–Crippen LogP) is 6.18. The number of hydrogen-bond donors (Lipinski definition) is 0. The molecule has 0 atom stereocenters. The van der Waals surface area contributed by atoms with E-state index in [1.807, 2.05) is 17.8 Å². The van der Waals surface area contributed by atoms with Gasteiger partial charge in [0.05, 0.1) is 0 Å². The SMILES string of the molecule is C=C(/C=C1/Sc2ccccc2C=C1CC)c1ccccc1. The van der Waals surface area contributed by atoms with E-state index in [1.165, 1.54) is 26.5 Å². The third-order valence-electron chi connectivity index (χ3n) is 3.62. The van der Waals surface area contributed by atoms with Crippen LogP contribution in [0.4, 0.5) is 0 Å². The van der Waals surface area contributed by atoms with Crippen LogP contribution in [-0.2, 0) is 0 Å². The molecule has 21 heavy (non-hydrogen) atoms. The van der Waals surface area contributed by atoms with Crippen LogP contribution >= 0.6 is 11.8 Å². The molecule has 2 aromatic carbocycles. The van der Waals surface area contributed by atoms with Gasteiger partial charge in [-0.05, 0) is 46.9 Å². The summed E-state index contributed by atoms with van der Waals surface area (Å²) in [7, 11) is 0. The van der Waals surface area contributed by atoms with Crippen LogP contribution < -0.4 is 0 Å². The van der Waals surface area contributed by atoms with Crippen molar-refractivity contribution in [1.82, 2.24) is 0 Å². The van der Waals surface area contributed by atoms with Crippen LogP contribution in [0.2, 0.25) is 0 Å². The molecule has 0 amide bonds. The van der Waals surface area contributed by atoms with Gasteiger partial charge in [0.2, 0.25) is 0 Å². The van der Waals surface area contributed by atoms with Gasteiger partial charge in [0.1, 0.15) is 0 Å². The zero-order valence-electron chi connectivity index (χ0n) is 12.2. The van der Waals surface area contributed by atoms with Crippen molar-refractivity contribution >= 4 is 23.4 Å². The minimum absolute atomic E-state index is 1.04. The highest BCUT2D eigenvalue weighted by Crippen LogP contribution is 2.42. The summed E-state index contributed by atoms with van der Waals surface area (Å²) in [5, 5.41) is 0. The molecule has 0 fully saturated rings. The molecule has 1 heteroatoms. The maximum atomic E-state index is 4.23. The average Bonchev–Trinajstić information content (AvgIpc) is 2.55. The van der Waals surface area contributed by atoms with Crippen molar-refractivity contribution in [2.45, 2.75) is 18.2 Å². The summed E-state index contributed by atoms with van der Waals surface area (Å²) in [6.07, 6.45) is 5.55. The molecular weight excluding hydrogens is 272 g/mol. The summed E-state index contributed by atoms with van der Waals surface area (Å²) in [4.78, 5) is 2.63. The molecule has 0 bridgehead atoms. The van der Waals surface area contributed by atoms with Crippen LogP contribution in [0.3, 0.4) is 0 Å². The van der Waals surface area contributed by atoms with Gasteiger partial charge in [0, 0.05) is 9.80 Å². The van der Waals surface area contributed by atoms with Crippen LogP contribution in [0, 0.1) is 0 Å². The van der Waals surface area contributed by atoms with Gasteiger partial charge >= 0.3 is 0 Å². The van der Waals surface area contributed by atoms with Crippen molar-refractivity contribution in [1.29, 1.82) is 0 Å². The van der Waals surface area contributed by atoms with Crippen molar-refractivity contribution in [3.05, 3.63) is 88.9 Å². The van der Waals surface area contributed by atoms with Crippen LogP contribution in [0.1, 0.15) is 24.5 Å². The van der Waals surface area contributed by atoms with E-state index in [0.29, 0.717) is 0 Å². The highest BCUT2D eigenvalue weighted by atomic mass is 32.2. The molecule has 0 radical (unpaired) electrons. The Bertz CT molecular complexity index is 721. The van der Waals surface area contributed by atoms with Gasteiger partial charge in [0.15, 0.2) is 0 Å². The van der Waals surface area contributed by atoms with Crippen LogP contribution in [0.25, 0.3) is 11.6 Å². The number of thioether (sulfide) groups is 1. The van der Waals surface area contributed by atoms with E-state index in [9.17, 15) is 0 Å². The molecule has 0 nitrogen and oxygen atoms in total. The summed E-state index contributed by atoms with van der Waals surface area (Å²) < 4.78 is 0. The molecule has 0 spiro atoms. The van der Waals surface area contributed by atoms with Gasteiger partial charge in [-0.15, -0.1) is 0 Å². The van der Waals surface area contributed by atoms with Crippen molar-refractivity contribution < 1.29 is 0 Å². The Kier molecular flexibility index (Phi) is 4.12. The molecule has 0 saturated carbocycles. The molecule has 0 N–H and O–H groups in total. The molecule has 1 aliphatic rings. The molecule has 1 heterocycles. The second-order valence-electron chi connectivity index (χ2n) is 5.06. The Hall–Kier alpha value is -1.99. The van der Waals surface area contributed by atoms with Crippen molar-refractivity contribution in [2.75, 3.05) is 0 Å². The Labute approximate surface area is 130 Å². The largest absolute Gasteiger partial charge is 0.0911 e. The lowest BCUT2D eigenvalue weighted by molar-refractivity contribution is 1.15.